The highest BCUT2D eigenvalue weighted by atomic mass is 19.1. The summed E-state index contributed by atoms with van der Waals surface area (Å²) in [6.45, 7) is 4.46. The second-order valence-corrected chi connectivity index (χ2v) is 4.78. The number of nitrogens with two attached hydrogens (primary N) is 1. The average Bonchev–Trinajstić information content (AvgIpc) is 2.27. The van der Waals surface area contributed by atoms with Gasteiger partial charge < -0.3 is 10.5 Å². The van der Waals surface area contributed by atoms with E-state index < -0.39 is 11.6 Å². The molecular formula is C13H18F2N2O. The molecule has 0 aliphatic carbocycles. The molecule has 0 aromatic heterocycles. The fourth-order valence-electron chi connectivity index (χ4n) is 2.15. The molecule has 5 heteroatoms. The van der Waals surface area contributed by atoms with Gasteiger partial charge >= 0.3 is 0 Å². The molecule has 0 bridgehead atoms. The van der Waals surface area contributed by atoms with Crippen LogP contribution >= 0.6 is 0 Å². The van der Waals surface area contributed by atoms with Crippen LogP contribution in [0.3, 0.4) is 0 Å². The fourth-order valence-corrected chi connectivity index (χ4v) is 2.15. The lowest BCUT2D eigenvalue weighted by Gasteiger charge is -2.34. The van der Waals surface area contributed by atoms with Gasteiger partial charge in [0.05, 0.1) is 12.7 Å². The quantitative estimate of drug-likeness (QED) is 0.891. The minimum Gasteiger partial charge on any atom is -0.374 e. The number of hydrogen-bond acceptors (Lipinski definition) is 3. The highest BCUT2D eigenvalue weighted by Crippen LogP contribution is 2.14. The molecule has 100 valence electrons. The Labute approximate surface area is 106 Å². The third-order valence-electron chi connectivity index (χ3n) is 3.09. The zero-order chi connectivity index (χ0) is 13.1. The first-order chi connectivity index (χ1) is 8.54. The van der Waals surface area contributed by atoms with E-state index in [9.17, 15) is 8.78 Å². The van der Waals surface area contributed by atoms with E-state index in [1.165, 1.54) is 12.1 Å². The molecule has 0 saturated carbocycles. The van der Waals surface area contributed by atoms with Gasteiger partial charge in [0.25, 0.3) is 0 Å². The van der Waals surface area contributed by atoms with E-state index in [4.69, 9.17) is 10.5 Å². The van der Waals surface area contributed by atoms with Crippen LogP contribution in [-0.2, 0) is 11.3 Å². The van der Waals surface area contributed by atoms with Crippen LogP contribution in [-0.4, -0.2) is 36.7 Å². The summed E-state index contributed by atoms with van der Waals surface area (Å²) in [6.07, 6.45) is -0.0165. The topological polar surface area (TPSA) is 38.5 Å². The summed E-state index contributed by atoms with van der Waals surface area (Å²) >= 11 is 0. The number of benzene rings is 1. The van der Waals surface area contributed by atoms with Crippen LogP contribution < -0.4 is 5.73 Å². The molecule has 3 nitrogen and oxygen atoms in total. The van der Waals surface area contributed by atoms with E-state index in [1.807, 2.05) is 6.92 Å². The van der Waals surface area contributed by atoms with E-state index in [2.05, 4.69) is 4.90 Å². The molecule has 2 N–H and O–H groups in total. The molecule has 18 heavy (non-hydrogen) atoms. The Hall–Kier alpha value is -1.04. The smallest absolute Gasteiger partial charge is 0.126 e. The van der Waals surface area contributed by atoms with Crippen molar-refractivity contribution in [2.24, 2.45) is 5.73 Å². The zero-order valence-electron chi connectivity index (χ0n) is 10.4. The Kier molecular flexibility index (Phi) is 4.27. The van der Waals surface area contributed by atoms with Gasteiger partial charge in [-0.3, -0.25) is 4.90 Å². The van der Waals surface area contributed by atoms with Crippen molar-refractivity contribution in [3.8, 4) is 0 Å². The molecule has 1 aromatic rings. The second kappa shape index (κ2) is 5.73. The lowest BCUT2D eigenvalue weighted by atomic mass is 10.1. The summed E-state index contributed by atoms with van der Waals surface area (Å²) in [5.41, 5.74) is 6.44. The van der Waals surface area contributed by atoms with Gasteiger partial charge in [-0.05, 0) is 24.6 Å². The van der Waals surface area contributed by atoms with Crippen molar-refractivity contribution >= 4 is 0 Å². The van der Waals surface area contributed by atoms with E-state index in [1.54, 1.807) is 0 Å². The van der Waals surface area contributed by atoms with E-state index in [-0.39, 0.29) is 12.1 Å². The maximum atomic E-state index is 13.1. The van der Waals surface area contributed by atoms with Crippen LogP contribution in [0.25, 0.3) is 0 Å². The number of rotatable bonds is 3. The maximum Gasteiger partial charge on any atom is 0.126 e. The van der Waals surface area contributed by atoms with Crippen LogP contribution in [0, 0.1) is 11.6 Å². The number of halogens is 2. The Morgan fingerprint density at radius 3 is 2.67 bits per heavy atom. The first kappa shape index (κ1) is 13.4. The first-order valence-corrected chi connectivity index (χ1v) is 6.09. The summed E-state index contributed by atoms with van der Waals surface area (Å²) in [5.74, 6) is -1.08. The van der Waals surface area contributed by atoms with Gasteiger partial charge in [-0.15, -0.1) is 0 Å². The van der Waals surface area contributed by atoms with Crippen molar-refractivity contribution in [1.29, 1.82) is 0 Å². The Morgan fingerprint density at radius 1 is 1.39 bits per heavy atom. The number of ether oxygens (including phenoxy) is 1. The molecule has 1 aliphatic heterocycles. The van der Waals surface area contributed by atoms with Crippen molar-refractivity contribution in [2.75, 3.05) is 19.7 Å². The fraction of sp³-hybridized carbons (Fsp3) is 0.538. The minimum absolute atomic E-state index is 0.0165. The summed E-state index contributed by atoms with van der Waals surface area (Å²) in [5, 5.41) is 0. The predicted molar refractivity (Wildman–Crippen MR) is 65.0 cm³/mol. The minimum atomic E-state index is -0.540. The van der Waals surface area contributed by atoms with Gasteiger partial charge in [0, 0.05) is 31.7 Å². The van der Waals surface area contributed by atoms with Gasteiger partial charge in [-0.2, -0.15) is 0 Å². The second-order valence-electron chi connectivity index (χ2n) is 4.78. The number of morpholine rings is 1. The van der Waals surface area contributed by atoms with Crippen LogP contribution in [0.15, 0.2) is 18.2 Å². The molecule has 2 atom stereocenters. The zero-order valence-corrected chi connectivity index (χ0v) is 10.4. The predicted octanol–water partition coefficient (Wildman–Crippen LogP) is 1.51. The van der Waals surface area contributed by atoms with Crippen molar-refractivity contribution in [3.63, 3.8) is 0 Å². The SMILES string of the molecule is CC(N)C1CN(Cc2cc(F)cc(F)c2)CCO1. The van der Waals surface area contributed by atoms with Gasteiger partial charge in [0.15, 0.2) is 0 Å². The molecular weight excluding hydrogens is 238 g/mol. The Balaban J connectivity index is 2.00. The maximum absolute atomic E-state index is 13.1. The monoisotopic (exact) mass is 256 g/mol. The van der Waals surface area contributed by atoms with Gasteiger partial charge in [0.1, 0.15) is 11.6 Å². The Morgan fingerprint density at radius 2 is 2.06 bits per heavy atom. The largest absolute Gasteiger partial charge is 0.374 e. The highest BCUT2D eigenvalue weighted by Gasteiger charge is 2.23. The summed E-state index contributed by atoms with van der Waals surface area (Å²) < 4.78 is 31.7. The summed E-state index contributed by atoms with van der Waals surface area (Å²) in [6, 6.07) is 3.56. The summed E-state index contributed by atoms with van der Waals surface area (Å²) in [4.78, 5) is 2.10. The van der Waals surface area contributed by atoms with Gasteiger partial charge in [-0.1, -0.05) is 0 Å². The molecule has 2 unspecified atom stereocenters. The third kappa shape index (κ3) is 3.48. The average molecular weight is 256 g/mol. The van der Waals surface area contributed by atoms with E-state index in [0.717, 1.165) is 12.6 Å². The lowest BCUT2D eigenvalue weighted by molar-refractivity contribution is -0.0403. The highest BCUT2D eigenvalue weighted by molar-refractivity contribution is 5.17. The third-order valence-corrected chi connectivity index (χ3v) is 3.09. The lowest BCUT2D eigenvalue weighted by Crippen LogP contribution is -2.49. The van der Waals surface area contributed by atoms with Crippen molar-refractivity contribution in [2.45, 2.75) is 25.6 Å². The molecule has 0 spiro atoms. The standard InChI is InChI=1S/C13H18F2N2O/c1-9(16)13-8-17(2-3-18-13)7-10-4-11(14)6-12(15)5-10/h4-6,9,13H,2-3,7-8,16H2,1H3. The van der Waals surface area contributed by atoms with Gasteiger partial charge in [0.2, 0.25) is 0 Å². The molecule has 0 amide bonds. The summed E-state index contributed by atoms with van der Waals surface area (Å²) in [7, 11) is 0. The normalized spacial score (nSPS) is 23.0. The van der Waals surface area contributed by atoms with Gasteiger partial charge in [-0.25, -0.2) is 8.78 Å². The van der Waals surface area contributed by atoms with Crippen LogP contribution in [0.2, 0.25) is 0 Å². The molecule has 1 fully saturated rings. The Bertz CT molecular complexity index is 392. The molecule has 1 aromatic carbocycles. The van der Waals surface area contributed by atoms with Crippen LogP contribution in [0.4, 0.5) is 8.78 Å². The van der Waals surface area contributed by atoms with Crippen molar-refractivity contribution in [1.82, 2.24) is 4.90 Å². The molecule has 2 rings (SSSR count). The first-order valence-electron chi connectivity index (χ1n) is 6.09. The van der Waals surface area contributed by atoms with Crippen molar-refractivity contribution in [3.05, 3.63) is 35.4 Å². The van der Waals surface area contributed by atoms with E-state index in [0.29, 0.717) is 25.3 Å². The number of hydrogen-bond donors (Lipinski definition) is 1. The molecule has 1 heterocycles. The van der Waals surface area contributed by atoms with Crippen LogP contribution in [0.1, 0.15) is 12.5 Å². The number of nitrogens with zero attached hydrogens (tertiary/aromatic N) is 1. The van der Waals surface area contributed by atoms with E-state index >= 15 is 0 Å². The molecule has 0 radical (unpaired) electrons. The van der Waals surface area contributed by atoms with Crippen LogP contribution in [0.5, 0.6) is 0 Å². The molecule has 1 saturated heterocycles. The molecule has 1 aliphatic rings. The van der Waals surface area contributed by atoms with Crippen molar-refractivity contribution < 1.29 is 13.5 Å².